The Labute approximate surface area is 126 Å². The molecular weight excluding hydrogens is 284 g/mol. The molecule has 1 aliphatic heterocycles. The molecule has 0 spiro atoms. The molecule has 1 rings (SSSR count). The van der Waals surface area contributed by atoms with E-state index in [2.05, 4.69) is 10.6 Å². The highest BCUT2D eigenvalue weighted by Crippen LogP contribution is 2.16. The van der Waals surface area contributed by atoms with Gasteiger partial charge >= 0.3 is 12.1 Å². The van der Waals surface area contributed by atoms with E-state index in [4.69, 9.17) is 9.47 Å². The zero-order chi connectivity index (χ0) is 14.5. The maximum Gasteiger partial charge on any atom is 0.407 e. The summed E-state index contributed by atoms with van der Waals surface area (Å²) in [6.45, 7) is 8.81. The minimum atomic E-state index is -0.550. The molecule has 1 fully saturated rings. The Morgan fingerprint density at radius 2 is 2.00 bits per heavy atom. The quantitative estimate of drug-likeness (QED) is 0.772. The third-order valence-electron chi connectivity index (χ3n) is 2.77. The number of hydrogen-bond acceptors (Lipinski definition) is 5. The van der Waals surface area contributed by atoms with E-state index in [1.807, 2.05) is 0 Å². The number of hydrogen-bond donors (Lipinski definition) is 2. The molecule has 0 saturated carbocycles. The second kappa shape index (κ2) is 8.32. The van der Waals surface area contributed by atoms with Crippen molar-refractivity contribution in [2.45, 2.75) is 45.8 Å². The summed E-state index contributed by atoms with van der Waals surface area (Å²) in [5, 5.41) is 5.89. The van der Waals surface area contributed by atoms with Crippen LogP contribution in [0.4, 0.5) is 4.79 Å². The van der Waals surface area contributed by atoms with Crippen molar-refractivity contribution in [3.8, 4) is 0 Å². The van der Waals surface area contributed by atoms with Crippen LogP contribution in [0, 0.1) is 5.92 Å². The smallest absolute Gasteiger partial charge is 0.407 e. The summed E-state index contributed by atoms with van der Waals surface area (Å²) in [4.78, 5) is 23.6. The van der Waals surface area contributed by atoms with Crippen molar-refractivity contribution in [2.24, 2.45) is 5.92 Å². The number of nitrogens with one attached hydrogen (secondary N) is 2. The fraction of sp³-hybridized carbons (Fsp3) is 0.846. The predicted octanol–water partition coefficient (Wildman–Crippen LogP) is 1.47. The molecule has 7 heteroatoms. The van der Waals surface area contributed by atoms with Crippen molar-refractivity contribution in [1.82, 2.24) is 10.6 Å². The van der Waals surface area contributed by atoms with E-state index in [1.165, 1.54) is 0 Å². The Hall–Kier alpha value is -1.01. The molecule has 0 aromatic carbocycles. The van der Waals surface area contributed by atoms with Crippen LogP contribution in [0.5, 0.6) is 0 Å². The first-order valence-electron chi connectivity index (χ1n) is 6.70. The van der Waals surface area contributed by atoms with Crippen LogP contribution in [0.3, 0.4) is 0 Å². The minimum absolute atomic E-state index is 0. The summed E-state index contributed by atoms with van der Waals surface area (Å²) in [5.41, 5.74) is -0.550. The van der Waals surface area contributed by atoms with E-state index in [0.29, 0.717) is 19.6 Å². The number of carbonyl (C=O) groups excluding carboxylic acids is 2. The zero-order valence-electron chi connectivity index (χ0n) is 12.5. The molecule has 0 aliphatic carbocycles. The third kappa shape index (κ3) is 6.43. The van der Waals surface area contributed by atoms with Crippen LogP contribution < -0.4 is 10.6 Å². The molecule has 0 bridgehead atoms. The Morgan fingerprint density at radius 3 is 2.55 bits per heavy atom. The second-order valence-electron chi connectivity index (χ2n) is 5.60. The number of carbonyl (C=O) groups is 2. The molecule has 0 unspecified atom stereocenters. The average Bonchev–Trinajstić information content (AvgIpc) is 2.27. The molecular formula is C13H25ClN2O4. The minimum Gasteiger partial charge on any atom is -0.466 e. The van der Waals surface area contributed by atoms with E-state index >= 15 is 0 Å². The van der Waals surface area contributed by atoms with E-state index in [-0.39, 0.29) is 30.3 Å². The maximum absolute atomic E-state index is 11.8. The SMILES string of the molecule is CCOC(=O)[C@H]1CCNC[C@H]1NC(=O)OC(C)(C)C.Cl. The first-order chi connectivity index (χ1) is 8.83. The Balaban J connectivity index is 0.00000361. The summed E-state index contributed by atoms with van der Waals surface area (Å²) in [7, 11) is 0. The lowest BCUT2D eigenvalue weighted by atomic mass is 9.93. The third-order valence-corrected chi connectivity index (χ3v) is 2.77. The lowest BCUT2D eigenvalue weighted by Crippen LogP contribution is -2.54. The van der Waals surface area contributed by atoms with Gasteiger partial charge in [-0.3, -0.25) is 4.79 Å². The molecule has 1 amide bonds. The molecule has 0 aromatic rings. The van der Waals surface area contributed by atoms with Gasteiger partial charge in [-0.15, -0.1) is 12.4 Å². The topological polar surface area (TPSA) is 76.7 Å². The molecule has 118 valence electrons. The van der Waals surface area contributed by atoms with Crippen molar-refractivity contribution in [3.63, 3.8) is 0 Å². The molecule has 1 saturated heterocycles. The van der Waals surface area contributed by atoms with Crippen LogP contribution in [-0.4, -0.2) is 43.4 Å². The first kappa shape index (κ1) is 19.0. The summed E-state index contributed by atoms with van der Waals surface area (Å²) in [6, 6.07) is -0.289. The van der Waals surface area contributed by atoms with Crippen LogP contribution >= 0.6 is 12.4 Å². The highest BCUT2D eigenvalue weighted by molar-refractivity contribution is 5.85. The van der Waals surface area contributed by atoms with Gasteiger partial charge in [0, 0.05) is 6.54 Å². The number of rotatable bonds is 3. The molecule has 2 atom stereocenters. The number of esters is 1. The van der Waals surface area contributed by atoms with Crippen molar-refractivity contribution in [1.29, 1.82) is 0 Å². The first-order valence-corrected chi connectivity index (χ1v) is 6.70. The molecule has 1 heterocycles. The molecule has 6 nitrogen and oxygen atoms in total. The van der Waals surface area contributed by atoms with E-state index < -0.39 is 11.7 Å². The van der Waals surface area contributed by atoms with Crippen LogP contribution in [0.15, 0.2) is 0 Å². The van der Waals surface area contributed by atoms with Crippen LogP contribution in [0.1, 0.15) is 34.1 Å². The number of alkyl carbamates (subject to hydrolysis) is 1. The van der Waals surface area contributed by atoms with E-state index in [1.54, 1.807) is 27.7 Å². The van der Waals surface area contributed by atoms with Crippen LogP contribution in [-0.2, 0) is 14.3 Å². The van der Waals surface area contributed by atoms with Crippen molar-refractivity contribution < 1.29 is 19.1 Å². The van der Waals surface area contributed by atoms with Crippen molar-refractivity contribution >= 4 is 24.5 Å². The molecule has 0 radical (unpaired) electrons. The fourth-order valence-electron chi connectivity index (χ4n) is 2.00. The molecule has 0 aromatic heterocycles. The maximum atomic E-state index is 11.8. The molecule has 20 heavy (non-hydrogen) atoms. The molecule has 1 aliphatic rings. The highest BCUT2D eigenvalue weighted by atomic mass is 35.5. The zero-order valence-corrected chi connectivity index (χ0v) is 13.3. The second-order valence-corrected chi connectivity index (χ2v) is 5.60. The monoisotopic (exact) mass is 308 g/mol. The van der Waals surface area contributed by atoms with Gasteiger partial charge in [0.25, 0.3) is 0 Å². The number of piperidine rings is 1. The average molecular weight is 309 g/mol. The van der Waals surface area contributed by atoms with E-state index in [0.717, 1.165) is 6.54 Å². The van der Waals surface area contributed by atoms with Gasteiger partial charge in [-0.25, -0.2) is 4.79 Å². The largest absolute Gasteiger partial charge is 0.466 e. The van der Waals surface area contributed by atoms with Gasteiger partial charge < -0.3 is 20.1 Å². The number of halogens is 1. The summed E-state index contributed by atoms with van der Waals surface area (Å²) < 4.78 is 10.2. The summed E-state index contributed by atoms with van der Waals surface area (Å²) >= 11 is 0. The highest BCUT2D eigenvalue weighted by Gasteiger charge is 2.34. The standard InChI is InChI=1S/C13H24N2O4.ClH/c1-5-18-11(16)9-6-7-14-8-10(9)15-12(17)19-13(2,3)4;/h9-10,14H,5-8H2,1-4H3,(H,15,17);1H/t9-,10+;/m0./s1. The summed E-state index contributed by atoms with van der Waals surface area (Å²) in [5.74, 6) is -0.571. The lowest BCUT2D eigenvalue weighted by Gasteiger charge is -2.31. The van der Waals surface area contributed by atoms with Gasteiger partial charge in [-0.1, -0.05) is 0 Å². The Bertz CT molecular complexity index is 331. The van der Waals surface area contributed by atoms with Gasteiger partial charge in [0.15, 0.2) is 0 Å². The Morgan fingerprint density at radius 1 is 1.35 bits per heavy atom. The number of ether oxygens (including phenoxy) is 2. The van der Waals surface area contributed by atoms with Gasteiger partial charge in [0.1, 0.15) is 5.60 Å². The van der Waals surface area contributed by atoms with Gasteiger partial charge in [0.2, 0.25) is 0 Å². The normalized spacial score (nSPS) is 22.4. The number of amides is 1. The van der Waals surface area contributed by atoms with Gasteiger partial charge in [-0.05, 0) is 40.7 Å². The van der Waals surface area contributed by atoms with Gasteiger partial charge in [-0.2, -0.15) is 0 Å². The lowest BCUT2D eigenvalue weighted by molar-refractivity contribution is -0.149. The molecule has 2 N–H and O–H groups in total. The van der Waals surface area contributed by atoms with E-state index in [9.17, 15) is 9.59 Å². The van der Waals surface area contributed by atoms with Crippen LogP contribution in [0.2, 0.25) is 0 Å². The van der Waals surface area contributed by atoms with Crippen molar-refractivity contribution in [3.05, 3.63) is 0 Å². The van der Waals surface area contributed by atoms with Crippen LogP contribution in [0.25, 0.3) is 0 Å². The summed E-state index contributed by atoms with van der Waals surface area (Å²) in [6.07, 6.45) is 0.148. The van der Waals surface area contributed by atoms with Crippen molar-refractivity contribution in [2.75, 3.05) is 19.7 Å². The Kier molecular flexibility index (Phi) is 7.90. The predicted molar refractivity (Wildman–Crippen MR) is 78.0 cm³/mol. The fourth-order valence-corrected chi connectivity index (χ4v) is 2.00. The van der Waals surface area contributed by atoms with Gasteiger partial charge in [0.05, 0.1) is 18.6 Å².